The van der Waals surface area contributed by atoms with Gasteiger partial charge in [-0.1, -0.05) is 11.6 Å². The van der Waals surface area contributed by atoms with E-state index in [9.17, 15) is 4.39 Å². The Labute approximate surface area is 104 Å². The molecule has 17 heavy (non-hydrogen) atoms. The number of anilines is 1. The van der Waals surface area contributed by atoms with Crippen molar-refractivity contribution < 1.29 is 4.39 Å². The van der Waals surface area contributed by atoms with Gasteiger partial charge in [0.1, 0.15) is 5.82 Å². The lowest BCUT2D eigenvalue weighted by molar-refractivity contribution is 0.627. The van der Waals surface area contributed by atoms with Gasteiger partial charge in [-0.05, 0) is 42.8 Å². The van der Waals surface area contributed by atoms with Crippen LogP contribution < -0.4 is 5.32 Å². The van der Waals surface area contributed by atoms with E-state index >= 15 is 0 Å². The Kier molecular flexibility index (Phi) is 3.59. The van der Waals surface area contributed by atoms with Gasteiger partial charge in [0.2, 0.25) is 0 Å². The highest BCUT2D eigenvalue weighted by molar-refractivity contribution is 6.30. The van der Waals surface area contributed by atoms with Crippen LogP contribution in [0.5, 0.6) is 0 Å². The van der Waals surface area contributed by atoms with Crippen LogP contribution in [0.4, 0.5) is 10.1 Å². The van der Waals surface area contributed by atoms with Crippen LogP contribution in [0, 0.1) is 5.82 Å². The third-order valence-corrected chi connectivity index (χ3v) is 2.74. The molecule has 0 fully saturated rings. The van der Waals surface area contributed by atoms with Gasteiger partial charge in [-0.15, -0.1) is 0 Å². The lowest BCUT2D eigenvalue weighted by atomic mass is 10.1. The van der Waals surface area contributed by atoms with Crippen LogP contribution in [0.25, 0.3) is 0 Å². The first kappa shape index (κ1) is 11.9. The Morgan fingerprint density at radius 1 is 1.24 bits per heavy atom. The predicted molar refractivity (Wildman–Crippen MR) is 67.7 cm³/mol. The minimum Gasteiger partial charge on any atom is -0.376 e. The minimum atomic E-state index is -0.349. The minimum absolute atomic E-state index is 0.00803. The molecular weight excluding hydrogens is 239 g/mol. The van der Waals surface area contributed by atoms with Crippen molar-refractivity contribution in [3.8, 4) is 0 Å². The van der Waals surface area contributed by atoms with Crippen molar-refractivity contribution in [3.05, 3.63) is 59.1 Å². The van der Waals surface area contributed by atoms with Crippen LogP contribution in [0.1, 0.15) is 18.5 Å². The molecule has 0 aliphatic carbocycles. The zero-order chi connectivity index (χ0) is 12.3. The molecule has 1 aromatic carbocycles. The second-order valence-corrected chi connectivity index (χ2v) is 4.21. The molecule has 1 N–H and O–H groups in total. The van der Waals surface area contributed by atoms with E-state index in [0.717, 1.165) is 5.56 Å². The van der Waals surface area contributed by atoms with E-state index in [1.165, 1.54) is 6.07 Å². The first-order valence-electron chi connectivity index (χ1n) is 5.28. The quantitative estimate of drug-likeness (QED) is 0.889. The number of hydrogen-bond acceptors (Lipinski definition) is 2. The fourth-order valence-corrected chi connectivity index (χ4v) is 1.73. The molecule has 0 aliphatic rings. The molecule has 0 spiro atoms. The molecule has 0 aliphatic heterocycles. The number of aromatic nitrogens is 1. The number of nitrogens with one attached hydrogen (secondary N) is 1. The van der Waals surface area contributed by atoms with Crippen LogP contribution in [0.3, 0.4) is 0 Å². The lowest BCUT2D eigenvalue weighted by Crippen LogP contribution is -2.07. The summed E-state index contributed by atoms with van der Waals surface area (Å²) in [6.07, 6.45) is 3.43. The van der Waals surface area contributed by atoms with E-state index < -0.39 is 0 Å². The van der Waals surface area contributed by atoms with Crippen molar-refractivity contribution in [1.29, 1.82) is 0 Å². The molecule has 1 heterocycles. The molecule has 0 radical (unpaired) electrons. The molecule has 2 rings (SSSR count). The zero-order valence-corrected chi connectivity index (χ0v) is 10.1. The Morgan fingerprint density at radius 3 is 2.59 bits per heavy atom. The summed E-state index contributed by atoms with van der Waals surface area (Å²) in [4.78, 5) is 3.94. The number of halogens is 2. The molecule has 0 saturated heterocycles. The van der Waals surface area contributed by atoms with E-state index in [2.05, 4.69) is 10.3 Å². The van der Waals surface area contributed by atoms with Gasteiger partial charge in [0.15, 0.2) is 0 Å². The van der Waals surface area contributed by atoms with Gasteiger partial charge in [-0.3, -0.25) is 4.98 Å². The number of hydrogen-bond donors (Lipinski definition) is 1. The molecular formula is C13H12ClFN2. The lowest BCUT2D eigenvalue weighted by Gasteiger charge is -2.16. The molecule has 2 aromatic rings. The Balaban J connectivity index is 2.16. The van der Waals surface area contributed by atoms with Crippen LogP contribution in [0.15, 0.2) is 42.7 Å². The molecule has 1 atom stereocenters. The molecule has 2 nitrogen and oxygen atoms in total. The summed E-state index contributed by atoms with van der Waals surface area (Å²) in [5.41, 5.74) is 1.49. The largest absolute Gasteiger partial charge is 0.376 e. The van der Waals surface area contributed by atoms with Crippen LogP contribution in [-0.4, -0.2) is 4.98 Å². The third kappa shape index (κ3) is 2.94. The van der Waals surface area contributed by atoms with E-state index in [0.29, 0.717) is 10.7 Å². The summed E-state index contributed by atoms with van der Waals surface area (Å²) in [6.45, 7) is 1.96. The molecule has 4 heteroatoms. The van der Waals surface area contributed by atoms with Gasteiger partial charge in [-0.25, -0.2) is 4.39 Å². The molecule has 0 saturated carbocycles. The highest BCUT2D eigenvalue weighted by atomic mass is 35.5. The SMILES string of the molecule is CC(Nc1ccc(Cl)cc1F)c1ccncc1. The summed E-state index contributed by atoms with van der Waals surface area (Å²) in [5.74, 6) is -0.349. The van der Waals surface area contributed by atoms with Crippen LogP contribution in [-0.2, 0) is 0 Å². The van der Waals surface area contributed by atoms with Gasteiger partial charge in [0, 0.05) is 23.5 Å². The second kappa shape index (κ2) is 5.15. The molecule has 88 valence electrons. The molecule has 1 unspecified atom stereocenters. The van der Waals surface area contributed by atoms with Crippen LogP contribution in [0.2, 0.25) is 5.02 Å². The normalized spacial score (nSPS) is 12.2. The van der Waals surface area contributed by atoms with Crippen molar-refractivity contribution in [3.63, 3.8) is 0 Å². The van der Waals surface area contributed by atoms with Gasteiger partial charge in [0.25, 0.3) is 0 Å². The second-order valence-electron chi connectivity index (χ2n) is 3.77. The van der Waals surface area contributed by atoms with Gasteiger partial charge >= 0.3 is 0 Å². The first-order valence-corrected chi connectivity index (χ1v) is 5.66. The standard InChI is InChI=1S/C13H12ClFN2/c1-9(10-4-6-16-7-5-10)17-13-3-2-11(14)8-12(13)15/h2-9,17H,1H3. The highest BCUT2D eigenvalue weighted by Crippen LogP contribution is 2.23. The first-order chi connectivity index (χ1) is 8.16. The topological polar surface area (TPSA) is 24.9 Å². The van der Waals surface area contributed by atoms with Crippen LogP contribution >= 0.6 is 11.6 Å². The summed E-state index contributed by atoms with van der Waals surface area (Å²) in [6, 6.07) is 8.38. The average molecular weight is 251 g/mol. The maximum Gasteiger partial charge on any atom is 0.147 e. The van der Waals surface area contributed by atoms with Gasteiger partial charge in [-0.2, -0.15) is 0 Å². The predicted octanol–water partition coefficient (Wildman–Crippen LogP) is 4.05. The average Bonchev–Trinajstić information content (AvgIpc) is 2.34. The molecule has 1 aromatic heterocycles. The van der Waals surface area contributed by atoms with E-state index in [4.69, 9.17) is 11.6 Å². The highest BCUT2D eigenvalue weighted by Gasteiger charge is 2.08. The maximum absolute atomic E-state index is 13.6. The van der Waals surface area contributed by atoms with Crippen molar-refractivity contribution in [2.45, 2.75) is 13.0 Å². The number of benzene rings is 1. The van der Waals surface area contributed by atoms with E-state index in [1.807, 2.05) is 19.1 Å². The summed E-state index contributed by atoms with van der Waals surface area (Å²) >= 11 is 5.69. The Hall–Kier alpha value is -1.61. The Bertz CT molecular complexity index is 502. The summed E-state index contributed by atoms with van der Waals surface area (Å²) in [7, 11) is 0. The number of nitrogens with zero attached hydrogens (tertiary/aromatic N) is 1. The third-order valence-electron chi connectivity index (χ3n) is 2.51. The molecule has 0 amide bonds. The smallest absolute Gasteiger partial charge is 0.147 e. The molecule has 0 bridgehead atoms. The van der Waals surface area contributed by atoms with Gasteiger partial charge in [0.05, 0.1) is 5.69 Å². The number of rotatable bonds is 3. The number of pyridine rings is 1. The maximum atomic E-state index is 13.6. The van der Waals surface area contributed by atoms with Crippen molar-refractivity contribution in [2.75, 3.05) is 5.32 Å². The van der Waals surface area contributed by atoms with Gasteiger partial charge < -0.3 is 5.32 Å². The monoisotopic (exact) mass is 250 g/mol. The van der Waals surface area contributed by atoms with E-state index in [1.54, 1.807) is 24.5 Å². The summed E-state index contributed by atoms with van der Waals surface area (Å²) in [5, 5.41) is 3.49. The van der Waals surface area contributed by atoms with E-state index in [-0.39, 0.29) is 11.9 Å². The zero-order valence-electron chi connectivity index (χ0n) is 9.32. The van der Waals surface area contributed by atoms with Crippen molar-refractivity contribution >= 4 is 17.3 Å². The fourth-order valence-electron chi connectivity index (χ4n) is 1.58. The summed E-state index contributed by atoms with van der Waals surface area (Å²) < 4.78 is 13.6. The van der Waals surface area contributed by atoms with Crippen molar-refractivity contribution in [1.82, 2.24) is 4.98 Å². The fraction of sp³-hybridized carbons (Fsp3) is 0.154. The Morgan fingerprint density at radius 2 is 1.94 bits per heavy atom. The van der Waals surface area contributed by atoms with Crippen molar-refractivity contribution in [2.24, 2.45) is 0 Å².